The predicted molar refractivity (Wildman–Crippen MR) is 91.5 cm³/mol. The Bertz CT molecular complexity index is 797. The van der Waals surface area contributed by atoms with Gasteiger partial charge in [0.25, 0.3) is 0 Å². The van der Waals surface area contributed by atoms with Gasteiger partial charge in [-0.3, -0.25) is 0 Å². The third kappa shape index (κ3) is 2.58. The van der Waals surface area contributed by atoms with Crippen LogP contribution < -0.4 is 4.90 Å². The second-order valence-electron chi connectivity index (χ2n) is 6.24. The normalized spacial score (nSPS) is 19.0. The van der Waals surface area contributed by atoms with Crippen LogP contribution in [0.2, 0.25) is 0 Å². The van der Waals surface area contributed by atoms with Crippen LogP contribution in [-0.2, 0) is 0 Å². The Morgan fingerprint density at radius 1 is 1.09 bits per heavy atom. The van der Waals surface area contributed by atoms with Gasteiger partial charge in [-0.15, -0.1) is 0 Å². The fourth-order valence-corrected chi connectivity index (χ4v) is 3.59. The van der Waals surface area contributed by atoms with Gasteiger partial charge in [-0.2, -0.15) is 0 Å². The molecule has 1 aromatic carbocycles. The zero-order valence-corrected chi connectivity index (χ0v) is 13.4. The molecule has 0 spiro atoms. The molecule has 0 N–H and O–H groups in total. The lowest BCUT2D eigenvalue weighted by Gasteiger charge is -2.30. The first kappa shape index (κ1) is 14.2. The summed E-state index contributed by atoms with van der Waals surface area (Å²) in [6.07, 6.45) is 8.23. The zero-order valence-electron chi connectivity index (χ0n) is 13.4. The monoisotopic (exact) mass is 307 g/mol. The second kappa shape index (κ2) is 6.03. The number of rotatable bonds is 2. The summed E-state index contributed by atoms with van der Waals surface area (Å²) in [6.45, 7) is 3.11. The minimum atomic E-state index is 0.256. The van der Waals surface area contributed by atoms with E-state index in [0.717, 1.165) is 35.4 Å². The zero-order chi connectivity index (χ0) is 15.6. The van der Waals surface area contributed by atoms with Crippen molar-refractivity contribution < 1.29 is 4.42 Å². The summed E-state index contributed by atoms with van der Waals surface area (Å²) in [4.78, 5) is 11.5. The van der Waals surface area contributed by atoms with E-state index < -0.39 is 0 Å². The van der Waals surface area contributed by atoms with E-state index in [2.05, 4.69) is 46.1 Å². The lowest BCUT2D eigenvalue weighted by atomic mass is 10.1. The average Bonchev–Trinajstić information content (AvgIpc) is 3.00. The second-order valence-corrected chi connectivity index (χ2v) is 6.24. The van der Waals surface area contributed by atoms with Gasteiger partial charge in [-0.05, 0) is 43.5 Å². The predicted octanol–water partition coefficient (Wildman–Crippen LogP) is 4.65. The van der Waals surface area contributed by atoms with E-state index in [-0.39, 0.29) is 6.04 Å². The molecule has 3 heterocycles. The van der Waals surface area contributed by atoms with Crippen molar-refractivity contribution >= 4 is 16.7 Å². The van der Waals surface area contributed by atoms with Crippen LogP contribution in [0.15, 0.2) is 47.3 Å². The number of furan rings is 1. The molecule has 1 aliphatic rings. The highest BCUT2D eigenvalue weighted by Gasteiger charge is 2.27. The molecule has 1 aliphatic heterocycles. The van der Waals surface area contributed by atoms with Gasteiger partial charge in [-0.1, -0.05) is 25.0 Å². The van der Waals surface area contributed by atoms with E-state index in [1.165, 1.54) is 24.8 Å². The number of nitrogens with zero attached hydrogens (tertiary/aromatic N) is 3. The quantitative estimate of drug-likeness (QED) is 0.691. The van der Waals surface area contributed by atoms with Crippen LogP contribution in [0.1, 0.15) is 43.0 Å². The first-order chi connectivity index (χ1) is 11.3. The van der Waals surface area contributed by atoms with Gasteiger partial charge in [-0.25, -0.2) is 9.97 Å². The number of anilines is 1. The number of aryl methyl sites for hydroxylation is 1. The van der Waals surface area contributed by atoms with Crippen molar-refractivity contribution in [2.24, 2.45) is 0 Å². The minimum Gasteiger partial charge on any atom is -0.467 e. The molecule has 4 nitrogen and oxygen atoms in total. The largest absolute Gasteiger partial charge is 0.467 e. The molecule has 4 rings (SSSR count). The molecule has 0 aliphatic carbocycles. The number of aromatic nitrogens is 2. The molecule has 23 heavy (non-hydrogen) atoms. The number of hydrogen-bond donors (Lipinski definition) is 0. The van der Waals surface area contributed by atoms with Gasteiger partial charge in [0.05, 0.1) is 17.8 Å². The van der Waals surface area contributed by atoms with Crippen molar-refractivity contribution in [1.29, 1.82) is 0 Å². The lowest BCUT2D eigenvalue weighted by Crippen LogP contribution is -2.29. The van der Waals surface area contributed by atoms with Crippen LogP contribution in [0.4, 0.5) is 5.82 Å². The molecule has 4 heteroatoms. The van der Waals surface area contributed by atoms with Gasteiger partial charge >= 0.3 is 0 Å². The van der Waals surface area contributed by atoms with E-state index in [1.54, 1.807) is 12.6 Å². The average molecular weight is 307 g/mol. The smallest absolute Gasteiger partial charge is 0.140 e. The van der Waals surface area contributed by atoms with E-state index in [9.17, 15) is 0 Å². The Labute approximate surface area is 136 Å². The minimum absolute atomic E-state index is 0.256. The van der Waals surface area contributed by atoms with Crippen molar-refractivity contribution in [1.82, 2.24) is 9.97 Å². The Hall–Kier alpha value is -2.36. The molecule has 1 fully saturated rings. The summed E-state index contributed by atoms with van der Waals surface area (Å²) < 4.78 is 5.73. The summed E-state index contributed by atoms with van der Waals surface area (Å²) in [7, 11) is 0. The molecule has 0 unspecified atom stereocenters. The van der Waals surface area contributed by atoms with Crippen LogP contribution in [-0.4, -0.2) is 16.5 Å². The van der Waals surface area contributed by atoms with E-state index in [4.69, 9.17) is 4.42 Å². The molecule has 2 aromatic heterocycles. The molecular formula is C19H21N3O. The van der Waals surface area contributed by atoms with Crippen LogP contribution >= 0.6 is 0 Å². The summed E-state index contributed by atoms with van der Waals surface area (Å²) in [5, 5.41) is 1.13. The Kier molecular flexibility index (Phi) is 3.74. The molecule has 0 radical (unpaired) electrons. The maximum Gasteiger partial charge on any atom is 0.140 e. The van der Waals surface area contributed by atoms with Crippen LogP contribution in [0.25, 0.3) is 10.9 Å². The van der Waals surface area contributed by atoms with E-state index in [1.807, 2.05) is 6.07 Å². The third-order valence-electron chi connectivity index (χ3n) is 4.74. The van der Waals surface area contributed by atoms with E-state index >= 15 is 0 Å². The molecule has 0 saturated carbocycles. The molecule has 1 atom stereocenters. The Morgan fingerprint density at radius 3 is 2.91 bits per heavy atom. The third-order valence-corrected chi connectivity index (χ3v) is 4.74. The Morgan fingerprint density at radius 2 is 2.04 bits per heavy atom. The molecule has 1 saturated heterocycles. The van der Waals surface area contributed by atoms with Crippen molar-refractivity contribution in [2.45, 2.75) is 38.6 Å². The fourth-order valence-electron chi connectivity index (χ4n) is 3.59. The van der Waals surface area contributed by atoms with Gasteiger partial charge < -0.3 is 9.32 Å². The molecule has 118 valence electrons. The first-order valence-electron chi connectivity index (χ1n) is 8.35. The first-order valence-corrected chi connectivity index (χ1v) is 8.35. The highest BCUT2D eigenvalue weighted by molar-refractivity contribution is 5.91. The van der Waals surface area contributed by atoms with Gasteiger partial charge in [0.1, 0.15) is 17.9 Å². The number of para-hydroxylation sites is 1. The summed E-state index contributed by atoms with van der Waals surface area (Å²) in [5.41, 5.74) is 2.23. The van der Waals surface area contributed by atoms with Crippen molar-refractivity contribution in [3.8, 4) is 0 Å². The highest BCUT2D eigenvalue weighted by atomic mass is 16.3. The van der Waals surface area contributed by atoms with E-state index in [0.29, 0.717) is 0 Å². The SMILES string of the molecule is Cc1cccc2c(N3CCCCC[C@@H]3c3ccco3)ncnc12. The van der Waals surface area contributed by atoms with Crippen molar-refractivity contribution in [2.75, 3.05) is 11.4 Å². The van der Waals surface area contributed by atoms with Gasteiger partial charge in [0, 0.05) is 11.9 Å². The standard InChI is InChI=1S/C19H21N3O/c1-14-7-5-8-15-18(14)20-13-21-19(15)22-11-4-2-3-9-16(22)17-10-6-12-23-17/h5-8,10,12-13,16H,2-4,9,11H2,1H3/t16-/m1/s1. The highest BCUT2D eigenvalue weighted by Crippen LogP contribution is 2.36. The van der Waals surface area contributed by atoms with Crippen LogP contribution in [0.3, 0.4) is 0 Å². The summed E-state index contributed by atoms with van der Waals surface area (Å²) in [5.74, 6) is 2.06. The maximum absolute atomic E-state index is 5.73. The summed E-state index contributed by atoms with van der Waals surface area (Å²) >= 11 is 0. The van der Waals surface area contributed by atoms with Gasteiger partial charge in [0.2, 0.25) is 0 Å². The molecule has 3 aromatic rings. The molecular weight excluding hydrogens is 286 g/mol. The fraction of sp³-hybridized carbons (Fsp3) is 0.368. The van der Waals surface area contributed by atoms with Crippen LogP contribution in [0.5, 0.6) is 0 Å². The topological polar surface area (TPSA) is 42.2 Å². The Balaban J connectivity index is 1.85. The van der Waals surface area contributed by atoms with Crippen molar-refractivity contribution in [3.05, 3.63) is 54.2 Å². The van der Waals surface area contributed by atoms with Crippen molar-refractivity contribution in [3.63, 3.8) is 0 Å². The molecule has 0 bridgehead atoms. The number of fused-ring (bicyclic) bond motifs is 1. The number of hydrogen-bond acceptors (Lipinski definition) is 4. The maximum atomic E-state index is 5.73. The van der Waals surface area contributed by atoms with Crippen LogP contribution in [0, 0.1) is 6.92 Å². The lowest BCUT2D eigenvalue weighted by molar-refractivity contribution is 0.438. The van der Waals surface area contributed by atoms with Gasteiger partial charge in [0.15, 0.2) is 0 Å². The summed E-state index contributed by atoms with van der Waals surface area (Å²) in [6, 6.07) is 10.6. The number of benzene rings is 1. The molecule has 0 amide bonds.